The molecular weight excluding hydrogens is 288 g/mol. The third-order valence-corrected chi connectivity index (χ3v) is 4.52. The van der Waals surface area contributed by atoms with Crippen molar-refractivity contribution in [3.63, 3.8) is 0 Å². The number of rotatable bonds is 2. The molecule has 23 heavy (non-hydrogen) atoms. The summed E-state index contributed by atoms with van der Waals surface area (Å²) in [6.45, 7) is 10.8. The first-order valence-electron chi connectivity index (χ1n) is 8.12. The van der Waals surface area contributed by atoms with Gasteiger partial charge >= 0.3 is 6.09 Å². The Balaban J connectivity index is 1.87. The zero-order valence-corrected chi connectivity index (χ0v) is 14.1. The van der Waals surface area contributed by atoms with E-state index in [0.717, 1.165) is 24.2 Å². The molecule has 1 amide bonds. The van der Waals surface area contributed by atoms with Gasteiger partial charge in [-0.15, -0.1) is 6.58 Å². The van der Waals surface area contributed by atoms with Gasteiger partial charge in [0.05, 0.1) is 12.2 Å². The number of nitrogens with zero attached hydrogens (tertiary/aromatic N) is 2. The molecule has 0 aliphatic carbocycles. The van der Waals surface area contributed by atoms with Crippen LogP contribution in [0.4, 0.5) is 10.5 Å². The number of amides is 1. The maximum Gasteiger partial charge on any atom is 0.410 e. The summed E-state index contributed by atoms with van der Waals surface area (Å²) in [4.78, 5) is 18.9. The van der Waals surface area contributed by atoms with Crippen LogP contribution in [0.1, 0.15) is 39.2 Å². The molecule has 1 aromatic carbocycles. The molecule has 1 fully saturated rings. The number of para-hydroxylation sites is 1. The number of likely N-dealkylation sites (tertiary alicyclic amines) is 1. The quantitative estimate of drug-likeness (QED) is 0.767. The first kappa shape index (κ1) is 15.8. The lowest BCUT2D eigenvalue weighted by molar-refractivity contribution is 0.0252. The van der Waals surface area contributed by atoms with Crippen LogP contribution < -0.4 is 0 Å². The number of ether oxygens (including phenoxy) is 1. The minimum Gasteiger partial charge on any atom is -0.444 e. The fourth-order valence-electron chi connectivity index (χ4n) is 3.49. The topological polar surface area (TPSA) is 41.9 Å². The highest BCUT2D eigenvalue weighted by Crippen LogP contribution is 2.47. The van der Waals surface area contributed by atoms with Gasteiger partial charge in [-0.3, -0.25) is 4.99 Å². The minimum absolute atomic E-state index is 0.100. The summed E-state index contributed by atoms with van der Waals surface area (Å²) >= 11 is 0. The monoisotopic (exact) mass is 312 g/mol. The molecule has 0 spiro atoms. The van der Waals surface area contributed by atoms with Crippen molar-refractivity contribution < 1.29 is 9.53 Å². The van der Waals surface area contributed by atoms with Gasteiger partial charge < -0.3 is 9.64 Å². The number of benzene rings is 1. The van der Waals surface area contributed by atoms with Crippen molar-refractivity contribution in [1.29, 1.82) is 0 Å². The molecule has 122 valence electrons. The average Bonchev–Trinajstić information content (AvgIpc) is 2.79. The van der Waals surface area contributed by atoms with Crippen LogP contribution in [0.25, 0.3) is 0 Å². The summed E-state index contributed by atoms with van der Waals surface area (Å²) in [5.74, 6) is 0. The van der Waals surface area contributed by atoms with Crippen molar-refractivity contribution >= 4 is 17.5 Å². The molecule has 1 atom stereocenters. The van der Waals surface area contributed by atoms with Crippen molar-refractivity contribution in [1.82, 2.24) is 4.90 Å². The standard InChI is InChI=1S/C19H24N2O2/c1-5-10-19-11-12-21(17(22)23-18(2,3)4)13-16(19)20-15-9-7-6-8-14(15)19/h5-9H,1,10-13H2,2-4H3. The van der Waals surface area contributed by atoms with Crippen LogP contribution in [0.5, 0.6) is 0 Å². The molecule has 0 radical (unpaired) electrons. The Morgan fingerprint density at radius 1 is 1.43 bits per heavy atom. The van der Waals surface area contributed by atoms with E-state index < -0.39 is 5.60 Å². The second-order valence-electron chi connectivity index (χ2n) is 7.30. The van der Waals surface area contributed by atoms with Crippen LogP contribution >= 0.6 is 0 Å². The molecule has 0 saturated carbocycles. The van der Waals surface area contributed by atoms with Gasteiger partial charge in [-0.1, -0.05) is 24.3 Å². The predicted octanol–water partition coefficient (Wildman–Crippen LogP) is 4.23. The molecule has 2 heterocycles. The van der Waals surface area contributed by atoms with E-state index >= 15 is 0 Å². The summed E-state index contributed by atoms with van der Waals surface area (Å²) in [6, 6.07) is 8.26. The zero-order valence-electron chi connectivity index (χ0n) is 14.1. The Bertz CT molecular complexity index is 672. The Morgan fingerprint density at radius 2 is 2.17 bits per heavy atom. The molecule has 1 saturated heterocycles. The zero-order chi connectivity index (χ0) is 16.7. The normalized spacial score (nSPS) is 22.9. The number of carbonyl (C=O) groups is 1. The summed E-state index contributed by atoms with van der Waals surface area (Å²) in [5, 5.41) is 0. The van der Waals surface area contributed by atoms with Crippen molar-refractivity contribution in [2.75, 3.05) is 13.1 Å². The summed E-state index contributed by atoms with van der Waals surface area (Å²) < 4.78 is 5.51. The van der Waals surface area contributed by atoms with Gasteiger partial charge in [0.15, 0.2) is 0 Å². The second kappa shape index (κ2) is 5.52. The van der Waals surface area contributed by atoms with E-state index in [1.165, 1.54) is 5.56 Å². The Morgan fingerprint density at radius 3 is 2.87 bits per heavy atom. The van der Waals surface area contributed by atoms with Gasteiger partial charge in [0.25, 0.3) is 0 Å². The van der Waals surface area contributed by atoms with E-state index in [2.05, 4.69) is 18.7 Å². The van der Waals surface area contributed by atoms with Crippen molar-refractivity contribution in [3.8, 4) is 0 Å². The summed E-state index contributed by atoms with van der Waals surface area (Å²) in [7, 11) is 0. The predicted molar refractivity (Wildman–Crippen MR) is 92.5 cm³/mol. The van der Waals surface area contributed by atoms with E-state index in [1.807, 2.05) is 39.0 Å². The molecule has 4 heteroatoms. The van der Waals surface area contributed by atoms with Gasteiger partial charge in [0.2, 0.25) is 0 Å². The van der Waals surface area contributed by atoms with Crippen molar-refractivity contribution in [3.05, 3.63) is 42.5 Å². The van der Waals surface area contributed by atoms with Crippen LogP contribution in [0.15, 0.2) is 41.9 Å². The third kappa shape index (κ3) is 2.78. The fraction of sp³-hybridized carbons (Fsp3) is 0.474. The molecular formula is C19H24N2O2. The molecule has 2 aliphatic heterocycles. The molecule has 0 bridgehead atoms. The molecule has 0 aromatic heterocycles. The molecule has 1 unspecified atom stereocenters. The SMILES string of the molecule is C=CCC12CCN(C(=O)OC(C)(C)C)CC1=Nc1ccccc12. The van der Waals surface area contributed by atoms with Gasteiger partial charge in [-0.25, -0.2) is 4.79 Å². The second-order valence-corrected chi connectivity index (χ2v) is 7.30. The molecule has 0 N–H and O–H groups in total. The highest BCUT2D eigenvalue weighted by atomic mass is 16.6. The van der Waals surface area contributed by atoms with Crippen LogP contribution in [0.2, 0.25) is 0 Å². The van der Waals surface area contributed by atoms with E-state index in [9.17, 15) is 4.79 Å². The number of piperidine rings is 1. The smallest absolute Gasteiger partial charge is 0.410 e. The number of carbonyl (C=O) groups excluding carboxylic acids is 1. The summed E-state index contributed by atoms with van der Waals surface area (Å²) in [5.41, 5.74) is 2.76. The molecule has 4 nitrogen and oxygen atoms in total. The Labute approximate surface area is 137 Å². The fourth-order valence-corrected chi connectivity index (χ4v) is 3.49. The third-order valence-electron chi connectivity index (χ3n) is 4.52. The molecule has 2 aliphatic rings. The lowest BCUT2D eigenvalue weighted by Gasteiger charge is -2.40. The number of hydrogen-bond donors (Lipinski definition) is 0. The van der Waals surface area contributed by atoms with Gasteiger partial charge in [0, 0.05) is 17.7 Å². The van der Waals surface area contributed by atoms with E-state index in [-0.39, 0.29) is 11.5 Å². The highest BCUT2D eigenvalue weighted by molar-refractivity contribution is 6.05. The number of hydrogen-bond acceptors (Lipinski definition) is 3. The minimum atomic E-state index is -0.479. The largest absolute Gasteiger partial charge is 0.444 e. The van der Waals surface area contributed by atoms with Crippen molar-refractivity contribution in [2.45, 2.75) is 44.6 Å². The van der Waals surface area contributed by atoms with Crippen LogP contribution in [-0.4, -0.2) is 35.4 Å². The van der Waals surface area contributed by atoms with E-state index in [0.29, 0.717) is 13.1 Å². The van der Waals surface area contributed by atoms with Gasteiger partial charge in [-0.2, -0.15) is 0 Å². The number of fused-ring (bicyclic) bond motifs is 3. The maximum atomic E-state index is 12.4. The lowest BCUT2D eigenvalue weighted by atomic mass is 9.70. The van der Waals surface area contributed by atoms with Crippen LogP contribution in [0, 0.1) is 0 Å². The first-order chi connectivity index (χ1) is 10.9. The molecule has 1 aromatic rings. The Hall–Kier alpha value is -2.10. The average molecular weight is 312 g/mol. The lowest BCUT2D eigenvalue weighted by Crippen LogP contribution is -2.51. The molecule has 3 rings (SSSR count). The first-order valence-corrected chi connectivity index (χ1v) is 8.12. The van der Waals surface area contributed by atoms with Crippen LogP contribution in [-0.2, 0) is 10.2 Å². The van der Waals surface area contributed by atoms with E-state index in [4.69, 9.17) is 9.73 Å². The summed E-state index contributed by atoms with van der Waals surface area (Å²) in [6.07, 6.45) is 3.41. The Kier molecular flexibility index (Phi) is 3.78. The highest BCUT2D eigenvalue weighted by Gasteiger charge is 2.46. The maximum absolute atomic E-state index is 12.4. The van der Waals surface area contributed by atoms with Gasteiger partial charge in [-0.05, 0) is 45.2 Å². The van der Waals surface area contributed by atoms with Gasteiger partial charge in [0.1, 0.15) is 5.60 Å². The number of aliphatic imine (C=N–C) groups is 1. The van der Waals surface area contributed by atoms with Crippen LogP contribution in [0.3, 0.4) is 0 Å². The van der Waals surface area contributed by atoms with Crippen molar-refractivity contribution in [2.24, 2.45) is 4.99 Å². The number of allylic oxidation sites excluding steroid dienone is 1. The van der Waals surface area contributed by atoms with E-state index in [1.54, 1.807) is 4.90 Å².